The van der Waals surface area contributed by atoms with Crippen LogP contribution >= 0.6 is 11.3 Å². The molecule has 4 aromatic rings. The number of H-pyrrole nitrogens is 1. The Bertz CT molecular complexity index is 1010. The molecule has 1 aromatic carbocycles. The van der Waals surface area contributed by atoms with E-state index in [1.807, 2.05) is 42.6 Å². The molecule has 0 atom stereocenters. The number of nitrogens with one attached hydrogen (secondary N) is 1. The molecular formula is C17H13NO3S. The van der Waals surface area contributed by atoms with Gasteiger partial charge in [-0.2, -0.15) is 0 Å². The van der Waals surface area contributed by atoms with E-state index in [4.69, 9.17) is 9.15 Å². The molecule has 0 fully saturated rings. The smallest absolute Gasteiger partial charge is 0.349 e. The van der Waals surface area contributed by atoms with E-state index < -0.39 is 0 Å². The van der Waals surface area contributed by atoms with E-state index in [0.29, 0.717) is 23.3 Å². The number of ether oxygens (including phenoxy) is 1. The second-order valence-corrected chi connectivity index (χ2v) is 5.82. The van der Waals surface area contributed by atoms with Gasteiger partial charge in [-0.3, -0.25) is 0 Å². The summed E-state index contributed by atoms with van der Waals surface area (Å²) in [7, 11) is 0. The third kappa shape index (κ3) is 1.86. The first-order chi connectivity index (χ1) is 10.8. The molecule has 0 amide bonds. The number of hydrogen-bond donors (Lipinski definition) is 1. The average Bonchev–Trinajstić information content (AvgIpc) is 3.15. The molecule has 4 nitrogen and oxygen atoms in total. The zero-order valence-corrected chi connectivity index (χ0v) is 12.7. The summed E-state index contributed by atoms with van der Waals surface area (Å²) >= 11 is 1.60. The first-order valence-electron chi connectivity index (χ1n) is 7.03. The van der Waals surface area contributed by atoms with Crippen LogP contribution in [0.4, 0.5) is 0 Å². The molecule has 0 saturated carbocycles. The molecular weight excluding hydrogens is 298 g/mol. The highest BCUT2D eigenvalue weighted by Crippen LogP contribution is 2.39. The van der Waals surface area contributed by atoms with E-state index in [0.717, 1.165) is 21.5 Å². The zero-order chi connectivity index (χ0) is 15.1. The Hall–Kier alpha value is -2.53. The lowest BCUT2D eigenvalue weighted by Gasteiger charge is -2.03. The minimum absolute atomic E-state index is 0.379. The molecule has 3 heterocycles. The summed E-state index contributed by atoms with van der Waals surface area (Å²) in [6.07, 6.45) is 0. The summed E-state index contributed by atoms with van der Waals surface area (Å²) < 4.78 is 11.2. The molecule has 0 aliphatic carbocycles. The van der Waals surface area contributed by atoms with Gasteiger partial charge >= 0.3 is 5.63 Å². The minimum atomic E-state index is -0.379. The Morgan fingerprint density at radius 3 is 2.86 bits per heavy atom. The zero-order valence-electron chi connectivity index (χ0n) is 11.9. The normalized spacial score (nSPS) is 11.3. The highest BCUT2D eigenvalue weighted by Gasteiger charge is 2.21. The van der Waals surface area contributed by atoms with Crippen molar-refractivity contribution >= 4 is 33.2 Å². The summed E-state index contributed by atoms with van der Waals surface area (Å²) in [5.41, 5.74) is 1.78. The van der Waals surface area contributed by atoms with Crippen LogP contribution in [0.25, 0.3) is 32.4 Å². The van der Waals surface area contributed by atoms with Crippen LogP contribution < -0.4 is 10.4 Å². The molecule has 1 N–H and O–H groups in total. The first-order valence-corrected chi connectivity index (χ1v) is 7.91. The van der Waals surface area contributed by atoms with Gasteiger partial charge in [0.1, 0.15) is 11.0 Å². The quantitative estimate of drug-likeness (QED) is 0.570. The van der Waals surface area contributed by atoms with Gasteiger partial charge < -0.3 is 14.1 Å². The van der Waals surface area contributed by atoms with Crippen molar-refractivity contribution in [2.45, 2.75) is 6.92 Å². The Balaban J connectivity index is 2.17. The molecule has 0 spiro atoms. The largest absolute Gasteiger partial charge is 0.491 e. The number of aromatic amines is 1. The van der Waals surface area contributed by atoms with E-state index in [2.05, 4.69) is 4.98 Å². The lowest BCUT2D eigenvalue weighted by atomic mass is 10.2. The fourth-order valence-electron chi connectivity index (χ4n) is 2.68. The Morgan fingerprint density at radius 2 is 2.09 bits per heavy atom. The predicted octanol–water partition coefficient (Wildman–Crippen LogP) is 4.40. The molecule has 0 saturated heterocycles. The third-order valence-corrected chi connectivity index (χ3v) is 4.46. The SMILES string of the molecule is CCOc1c(-c2cccs2)[nH]c2c1c(=O)oc1ccccc12. The fraction of sp³-hybridized carbons (Fsp3) is 0.118. The van der Waals surface area contributed by atoms with Gasteiger partial charge in [-0.15, -0.1) is 11.3 Å². The van der Waals surface area contributed by atoms with Crippen molar-refractivity contribution < 1.29 is 9.15 Å². The van der Waals surface area contributed by atoms with Gasteiger partial charge in [0.15, 0.2) is 5.75 Å². The van der Waals surface area contributed by atoms with Gasteiger partial charge in [0.2, 0.25) is 0 Å². The molecule has 5 heteroatoms. The number of thiophene rings is 1. The molecule has 110 valence electrons. The average molecular weight is 311 g/mol. The van der Waals surface area contributed by atoms with Gasteiger partial charge in [-0.25, -0.2) is 4.79 Å². The minimum Gasteiger partial charge on any atom is -0.491 e. The molecule has 0 unspecified atom stereocenters. The lowest BCUT2D eigenvalue weighted by Crippen LogP contribution is -2.01. The van der Waals surface area contributed by atoms with Crippen molar-refractivity contribution in [3.8, 4) is 16.3 Å². The summed E-state index contributed by atoms with van der Waals surface area (Å²) in [5.74, 6) is 0.569. The number of hydrogen-bond acceptors (Lipinski definition) is 4. The molecule has 0 aliphatic rings. The summed E-state index contributed by atoms with van der Waals surface area (Å²) in [6, 6.07) is 11.5. The van der Waals surface area contributed by atoms with Crippen LogP contribution in [0.1, 0.15) is 6.92 Å². The van der Waals surface area contributed by atoms with Crippen molar-refractivity contribution in [1.82, 2.24) is 4.98 Å². The van der Waals surface area contributed by atoms with E-state index in [1.165, 1.54) is 0 Å². The van der Waals surface area contributed by atoms with Crippen molar-refractivity contribution in [3.05, 3.63) is 52.2 Å². The van der Waals surface area contributed by atoms with Crippen molar-refractivity contribution in [2.24, 2.45) is 0 Å². The maximum atomic E-state index is 12.4. The van der Waals surface area contributed by atoms with Crippen LogP contribution in [-0.2, 0) is 0 Å². The van der Waals surface area contributed by atoms with E-state index in [9.17, 15) is 4.79 Å². The molecule has 22 heavy (non-hydrogen) atoms. The topological polar surface area (TPSA) is 55.2 Å². The monoisotopic (exact) mass is 311 g/mol. The van der Waals surface area contributed by atoms with Crippen molar-refractivity contribution in [2.75, 3.05) is 6.61 Å². The van der Waals surface area contributed by atoms with Gasteiger partial charge in [0, 0.05) is 5.39 Å². The summed E-state index contributed by atoms with van der Waals surface area (Å²) in [6.45, 7) is 2.39. The maximum Gasteiger partial charge on any atom is 0.349 e. The number of rotatable bonds is 3. The van der Waals surface area contributed by atoms with E-state index in [1.54, 1.807) is 17.4 Å². The number of fused-ring (bicyclic) bond motifs is 3. The summed E-state index contributed by atoms with van der Waals surface area (Å²) in [5, 5.41) is 3.35. The predicted molar refractivity (Wildman–Crippen MR) is 88.8 cm³/mol. The van der Waals surface area contributed by atoms with Gasteiger partial charge in [-0.1, -0.05) is 18.2 Å². The van der Waals surface area contributed by atoms with Crippen LogP contribution in [-0.4, -0.2) is 11.6 Å². The molecule has 0 radical (unpaired) electrons. The van der Waals surface area contributed by atoms with Crippen LogP contribution in [0, 0.1) is 0 Å². The van der Waals surface area contributed by atoms with Crippen molar-refractivity contribution in [1.29, 1.82) is 0 Å². The number of benzene rings is 1. The third-order valence-electron chi connectivity index (χ3n) is 3.57. The maximum absolute atomic E-state index is 12.4. The standard InChI is InChI=1S/C17H13NO3S/c1-2-20-16-13-14(18-15(16)12-8-5-9-22-12)10-6-3-4-7-11(10)21-17(13)19/h3-9,18H,2H2,1H3. The van der Waals surface area contributed by atoms with Crippen LogP contribution in [0.15, 0.2) is 51.0 Å². The van der Waals surface area contributed by atoms with E-state index in [-0.39, 0.29) is 5.63 Å². The molecule has 0 aliphatic heterocycles. The fourth-order valence-corrected chi connectivity index (χ4v) is 3.40. The van der Waals surface area contributed by atoms with Crippen LogP contribution in [0.2, 0.25) is 0 Å². The Morgan fingerprint density at radius 1 is 1.23 bits per heavy atom. The summed E-state index contributed by atoms with van der Waals surface area (Å²) in [4.78, 5) is 16.8. The van der Waals surface area contributed by atoms with Gasteiger partial charge in [0.25, 0.3) is 0 Å². The Kier molecular flexibility index (Phi) is 3.01. The van der Waals surface area contributed by atoms with Crippen LogP contribution in [0.3, 0.4) is 0 Å². The van der Waals surface area contributed by atoms with E-state index >= 15 is 0 Å². The lowest BCUT2D eigenvalue weighted by molar-refractivity contribution is 0.345. The van der Waals surface area contributed by atoms with Gasteiger partial charge in [-0.05, 0) is 30.5 Å². The molecule has 3 aromatic heterocycles. The highest BCUT2D eigenvalue weighted by molar-refractivity contribution is 7.13. The molecule has 0 bridgehead atoms. The second kappa shape index (κ2) is 5.03. The number of para-hydroxylation sites is 1. The Labute approximate surface area is 130 Å². The second-order valence-electron chi connectivity index (χ2n) is 4.88. The van der Waals surface area contributed by atoms with Crippen LogP contribution in [0.5, 0.6) is 5.75 Å². The van der Waals surface area contributed by atoms with Gasteiger partial charge in [0.05, 0.1) is 22.7 Å². The first kappa shape index (κ1) is 13.2. The van der Waals surface area contributed by atoms with Crippen molar-refractivity contribution in [3.63, 3.8) is 0 Å². The molecule has 4 rings (SSSR count). The number of aromatic nitrogens is 1. The highest BCUT2D eigenvalue weighted by atomic mass is 32.1.